The van der Waals surface area contributed by atoms with Crippen LogP contribution in [0.2, 0.25) is 0 Å². The highest BCUT2D eigenvalue weighted by Gasteiger charge is 2.84. The maximum absolute atomic E-state index is 12.9. The molecule has 4 N–H and O–H groups in total. The van der Waals surface area contributed by atoms with Crippen LogP contribution in [0.3, 0.4) is 0 Å². The van der Waals surface area contributed by atoms with Crippen LogP contribution in [-0.2, 0) is 16.6 Å². The third-order valence-electron chi connectivity index (χ3n) is 9.89. The summed E-state index contributed by atoms with van der Waals surface area (Å²) >= 11 is 0. The first-order valence-electron chi connectivity index (χ1n) is 11.7. The lowest BCUT2D eigenvalue weighted by Gasteiger charge is -2.65. The third-order valence-corrected chi connectivity index (χ3v) is 9.89. The highest BCUT2D eigenvalue weighted by Crippen LogP contribution is 2.85. The number of carbonyl (C=O) groups is 2. The van der Waals surface area contributed by atoms with Gasteiger partial charge in [-0.3, -0.25) is 10.1 Å². The molecule has 1 aromatic carbocycles. The Kier molecular flexibility index (Phi) is 3.89. The van der Waals surface area contributed by atoms with Crippen LogP contribution >= 0.6 is 0 Å². The van der Waals surface area contributed by atoms with E-state index in [1.807, 2.05) is 6.07 Å². The predicted octanol–water partition coefficient (Wildman–Crippen LogP) is 3.58. The largest absolute Gasteiger partial charge is 0.508 e. The molecule has 1 aliphatic heterocycles. The zero-order valence-electron chi connectivity index (χ0n) is 18.1. The smallest absolute Gasteiger partial charge is 0.389 e. The number of imide groups is 1. The lowest BCUT2D eigenvalue weighted by Crippen LogP contribution is -2.72. The molecule has 2 bridgehead atoms. The average molecular weight is 464 g/mol. The van der Waals surface area contributed by atoms with Gasteiger partial charge in [-0.05, 0) is 86.5 Å². The molecular formula is C24H27F3N2O4. The highest BCUT2D eigenvalue weighted by molar-refractivity contribution is 6.07. The van der Waals surface area contributed by atoms with Crippen molar-refractivity contribution in [1.29, 1.82) is 0 Å². The highest BCUT2D eigenvalue weighted by atomic mass is 19.4. The second-order valence-electron chi connectivity index (χ2n) is 11.1. The number of rotatable bonds is 3. The van der Waals surface area contributed by atoms with Gasteiger partial charge in [0.05, 0.1) is 5.60 Å². The van der Waals surface area contributed by atoms with Gasteiger partial charge in [-0.15, -0.1) is 0 Å². The molecule has 4 aliphatic carbocycles. The molecular weight excluding hydrogens is 437 g/mol. The number of carbonyl (C=O) groups excluding carboxylic acids is 2. The molecule has 1 heterocycles. The molecule has 178 valence electrons. The molecule has 1 unspecified atom stereocenters. The second kappa shape index (κ2) is 6.03. The van der Waals surface area contributed by atoms with Gasteiger partial charge in [0.25, 0.3) is 5.91 Å². The first kappa shape index (κ1) is 21.3. The van der Waals surface area contributed by atoms with E-state index >= 15 is 0 Å². The Hall–Kier alpha value is -2.29. The van der Waals surface area contributed by atoms with Crippen molar-refractivity contribution in [3.8, 4) is 5.75 Å². The van der Waals surface area contributed by atoms with Crippen LogP contribution in [0.4, 0.5) is 18.0 Å². The van der Waals surface area contributed by atoms with E-state index in [1.165, 1.54) is 0 Å². The minimum Gasteiger partial charge on any atom is -0.508 e. The molecule has 1 saturated heterocycles. The summed E-state index contributed by atoms with van der Waals surface area (Å²) in [7, 11) is 0. The Morgan fingerprint density at radius 1 is 1.06 bits per heavy atom. The Morgan fingerprint density at radius 2 is 1.85 bits per heavy atom. The van der Waals surface area contributed by atoms with E-state index in [4.69, 9.17) is 0 Å². The van der Waals surface area contributed by atoms with Gasteiger partial charge in [-0.1, -0.05) is 6.07 Å². The summed E-state index contributed by atoms with van der Waals surface area (Å²) in [5, 5.41) is 27.9. The quantitative estimate of drug-likeness (QED) is 0.514. The fourth-order valence-corrected chi connectivity index (χ4v) is 8.52. The van der Waals surface area contributed by atoms with Crippen molar-refractivity contribution in [3.63, 3.8) is 0 Å². The molecule has 0 aromatic heterocycles. The number of benzene rings is 1. The van der Waals surface area contributed by atoms with Crippen molar-refractivity contribution in [1.82, 2.24) is 10.6 Å². The minimum atomic E-state index is -4.20. The van der Waals surface area contributed by atoms with Crippen molar-refractivity contribution < 1.29 is 33.0 Å². The monoisotopic (exact) mass is 464 g/mol. The van der Waals surface area contributed by atoms with E-state index in [0.29, 0.717) is 32.1 Å². The molecule has 3 saturated carbocycles. The van der Waals surface area contributed by atoms with E-state index in [0.717, 1.165) is 11.1 Å². The van der Waals surface area contributed by atoms with Crippen molar-refractivity contribution in [2.24, 2.45) is 10.8 Å². The molecule has 6 nitrogen and oxygen atoms in total. The number of amides is 3. The molecule has 5 aliphatic rings. The standard InChI is InChI=1S/C24H27F3N2O4/c25-24(26,27)5-1-4-19-6-7-20-13-21(17(31)28-18(32)29-21)8-9-23(20,33)22(19,12-19)11-14-2-3-15(30)10-16(14)20/h2-3,10,30,33H,1,4-9,11-13H2,(H2,28,29,31,32)/t19?,20-,21+,22-,23+/m1/s1. The van der Waals surface area contributed by atoms with Gasteiger partial charge >= 0.3 is 12.2 Å². The molecule has 9 heteroatoms. The number of aromatic hydroxyl groups is 1. The normalized spacial score (nSPS) is 42.8. The van der Waals surface area contributed by atoms with Gasteiger partial charge in [-0.25, -0.2) is 4.79 Å². The van der Waals surface area contributed by atoms with Gasteiger partial charge in [0, 0.05) is 17.3 Å². The molecule has 1 aromatic rings. The number of aliphatic hydroxyl groups is 1. The number of urea groups is 1. The fourth-order valence-electron chi connectivity index (χ4n) is 8.52. The van der Waals surface area contributed by atoms with E-state index in [-0.39, 0.29) is 36.8 Å². The number of hydrogen-bond acceptors (Lipinski definition) is 4. The number of alkyl halides is 3. The van der Waals surface area contributed by atoms with Crippen LogP contribution in [0.5, 0.6) is 5.75 Å². The van der Waals surface area contributed by atoms with Crippen LogP contribution in [0.1, 0.15) is 68.9 Å². The Morgan fingerprint density at radius 3 is 2.55 bits per heavy atom. The summed E-state index contributed by atoms with van der Waals surface area (Å²) in [4.78, 5) is 24.9. The summed E-state index contributed by atoms with van der Waals surface area (Å²) in [6, 6.07) is 4.56. The number of fused-ring (bicyclic) bond motifs is 1. The van der Waals surface area contributed by atoms with E-state index in [1.54, 1.807) is 12.1 Å². The van der Waals surface area contributed by atoms with E-state index in [2.05, 4.69) is 10.6 Å². The Labute approximate surface area is 188 Å². The van der Waals surface area contributed by atoms with Crippen molar-refractivity contribution in [2.75, 3.05) is 0 Å². The van der Waals surface area contributed by atoms with Crippen molar-refractivity contribution in [3.05, 3.63) is 29.3 Å². The van der Waals surface area contributed by atoms with Crippen LogP contribution in [0.15, 0.2) is 18.2 Å². The van der Waals surface area contributed by atoms with Gasteiger partial charge < -0.3 is 15.5 Å². The maximum Gasteiger partial charge on any atom is 0.389 e. The van der Waals surface area contributed by atoms with Crippen LogP contribution in [0, 0.1) is 10.8 Å². The first-order valence-corrected chi connectivity index (χ1v) is 11.7. The first-order chi connectivity index (χ1) is 15.4. The second-order valence-corrected chi connectivity index (χ2v) is 11.1. The van der Waals surface area contributed by atoms with E-state index in [9.17, 15) is 33.0 Å². The Bertz CT molecular complexity index is 1090. The third kappa shape index (κ3) is 2.49. The van der Waals surface area contributed by atoms with E-state index < -0.39 is 46.5 Å². The zero-order valence-corrected chi connectivity index (χ0v) is 18.1. The van der Waals surface area contributed by atoms with Crippen LogP contribution in [-0.4, -0.2) is 39.5 Å². The molecule has 33 heavy (non-hydrogen) atoms. The summed E-state index contributed by atoms with van der Waals surface area (Å²) in [5.41, 5.74) is -2.33. The summed E-state index contributed by atoms with van der Waals surface area (Å²) in [6.07, 6.45) is -1.42. The molecule has 4 fully saturated rings. The summed E-state index contributed by atoms with van der Waals surface area (Å²) in [6.45, 7) is 0. The minimum absolute atomic E-state index is 0.0408. The van der Waals surface area contributed by atoms with Gasteiger partial charge in [-0.2, -0.15) is 13.2 Å². The number of hydrogen-bond donors (Lipinski definition) is 4. The SMILES string of the molecule is O=C1NC(=O)[C@@]2(CC[C@]3(O)[C@]4(CCC5(CCCC(F)(F)F)C[C@]53Cc3ccc(O)cc34)C2)N1. The number of phenolic OH excluding ortho intramolecular Hbond substituents is 1. The number of halogens is 3. The van der Waals surface area contributed by atoms with Gasteiger partial charge in [0.15, 0.2) is 0 Å². The number of nitrogens with one attached hydrogen (secondary N) is 2. The lowest BCUT2D eigenvalue weighted by atomic mass is 9.41. The topological polar surface area (TPSA) is 98.7 Å². The van der Waals surface area contributed by atoms with Crippen molar-refractivity contribution >= 4 is 11.9 Å². The maximum atomic E-state index is 12.9. The Balaban J connectivity index is 1.45. The van der Waals surface area contributed by atoms with Gasteiger partial charge in [0.2, 0.25) is 0 Å². The lowest BCUT2D eigenvalue weighted by molar-refractivity contribution is -0.186. The molecule has 6 rings (SSSR count). The zero-order chi connectivity index (χ0) is 23.5. The molecule has 0 radical (unpaired) electrons. The number of phenols is 1. The predicted molar refractivity (Wildman–Crippen MR) is 110 cm³/mol. The summed E-state index contributed by atoms with van der Waals surface area (Å²) in [5.74, 6) is -0.332. The average Bonchev–Trinajstić information content (AvgIpc) is 3.27. The molecule has 5 atom stereocenters. The van der Waals surface area contributed by atoms with Crippen molar-refractivity contribution in [2.45, 2.75) is 86.9 Å². The molecule has 2 spiro atoms. The van der Waals surface area contributed by atoms with Crippen LogP contribution in [0.25, 0.3) is 0 Å². The summed E-state index contributed by atoms with van der Waals surface area (Å²) < 4.78 is 38.6. The van der Waals surface area contributed by atoms with Gasteiger partial charge in [0.1, 0.15) is 11.3 Å². The molecule has 3 amide bonds. The van der Waals surface area contributed by atoms with Crippen LogP contribution < -0.4 is 10.6 Å². The fraction of sp³-hybridized carbons (Fsp3) is 0.667.